The van der Waals surface area contributed by atoms with Crippen molar-refractivity contribution in [3.05, 3.63) is 11.1 Å². The number of carbonyl (C=O) groups excluding carboxylic acids is 1. The number of ketones is 1. The molecule has 1 atom stereocenters. The Kier molecular flexibility index (Phi) is 3.91. The maximum Gasteiger partial charge on any atom is 0.131 e. The van der Waals surface area contributed by atoms with Gasteiger partial charge in [0.25, 0.3) is 0 Å². The Morgan fingerprint density at radius 3 is 2.62 bits per heavy atom. The Hall–Kier alpha value is -1.10. The average molecular weight is 219 g/mol. The summed E-state index contributed by atoms with van der Waals surface area (Å²) in [5, 5.41) is 9.24. The molecule has 0 radical (unpaired) electrons. The predicted octanol–water partition coefficient (Wildman–Crippen LogP) is 3.63. The minimum Gasteiger partial charge on any atom is -0.300 e. The number of carbonyl (C=O) groups is 1. The first-order valence-corrected chi connectivity index (χ1v) is 5.97. The van der Waals surface area contributed by atoms with E-state index in [4.69, 9.17) is 0 Å². The summed E-state index contributed by atoms with van der Waals surface area (Å²) in [6.45, 7) is 8.06. The molecule has 1 aliphatic carbocycles. The Morgan fingerprint density at radius 2 is 2.19 bits per heavy atom. The minimum absolute atomic E-state index is 0.0815. The minimum atomic E-state index is -0.215. The zero-order valence-electron chi connectivity index (χ0n) is 10.8. The molecule has 2 nitrogen and oxygen atoms in total. The van der Waals surface area contributed by atoms with Crippen LogP contribution in [0.2, 0.25) is 0 Å². The van der Waals surface area contributed by atoms with Crippen LogP contribution >= 0.6 is 0 Å². The van der Waals surface area contributed by atoms with Crippen LogP contribution in [0.25, 0.3) is 0 Å². The molecule has 16 heavy (non-hydrogen) atoms. The van der Waals surface area contributed by atoms with Crippen LogP contribution in [0, 0.1) is 22.7 Å². The number of rotatable bonds is 3. The van der Waals surface area contributed by atoms with Crippen LogP contribution in [-0.2, 0) is 4.79 Å². The second-order valence-corrected chi connectivity index (χ2v) is 5.52. The Morgan fingerprint density at radius 1 is 1.56 bits per heavy atom. The third-order valence-corrected chi connectivity index (χ3v) is 3.54. The topological polar surface area (TPSA) is 40.9 Å². The van der Waals surface area contributed by atoms with E-state index < -0.39 is 0 Å². The van der Waals surface area contributed by atoms with E-state index in [0.29, 0.717) is 6.42 Å². The fourth-order valence-electron chi connectivity index (χ4n) is 2.91. The van der Waals surface area contributed by atoms with Gasteiger partial charge in [0.2, 0.25) is 0 Å². The van der Waals surface area contributed by atoms with E-state index in [-0.39, 0.29) is 17.1 Å². The van der Waals surface area contributed by atoms with Crippen molar-refractivity contribution in [1.82, 2.24) is 0 Å². The molecule has 0 aliphatic heterocycles. The van der Waals surface area contributed by atoms with E-state index in [1.165, 1.54) is 17.6 Å². The van der Waals surface area contributed by atoms with Gasteiger partial charge >= 0.3 is 0 Å². The molecule has 0 heterocycles. The molecule has 0 saturated heterocycles. The van der Waals surface area contributed by atoms with Gasteiger partial charge in [-0.25, -0.2) is 0 Å². The average Bonchev–Trinajstić information content (AvgIpc) is 2.13. The molecule has 88 valence electrons. The van der Waals surface area contributed by atoms with Gasteiger partial charge in [0.1, 0.15) is 5.78 Å². The van der Waals surface area contributed by atoms with Crippen LogP contribution in [0.4, 0.5) is 0 Å². The summed E-state index contributed by atoms with van der Waals surface area (Å²) < 4.78 is 0. The molecular weight excluding hydrogens is 198 g/mol. The highest BCUT2D eigenvalue weighted by Crippen LogP contribution is 2.44. The highest BCUT2D eigenvalue weighted by atomic mass is 16.1. The standard InChI is InChI=1S/C14H21NO/c1-10-6-5-7-14(3,4)13(10)12(9-15)8-11(2)16/h12H,5-8H2,1-4H3. The number of nitriles is 1. The zero-order valence-corrected chi connectivity index (χ0v) is 10.8. The van der Waals surface area contributed by atoms with E-state index in [1.54, 1.807) is 6.92 Å². The molecule has 0 aromatic carbocycles. The summed E-state index contributed by atoms with van der Waals surface area (Å²) in [4.78, 5) is 11.2. The van der Waals surface area contributed by atoms with Crippen molar-refractivity contribution >= 4 is 5.78 Å². The summed E-state index contributed by atoms with van der Waals surface area (Å²) in [6.07, 6.45) is 3.76. The van der Waals surface area contributed by atoms with E-state index in [2.05, 4.69) is 26.8 Å². The van der Waals surface area contributed by atoms with Crippen molar-refractivity contribution in [2.75, 3.05) is 0 Å². The summed E-state index contributed by atoms with van der Waals surface area (Å²) in [6, 6.07) is 2.31. The highest BCUT2D eigenvalue weighted by Gasteiger charge is 2.33. The number of Topliss-reactive ketones (excluding diaryl/α,β-unsaturated/α-hetero) is 1. The van der Waals surface area contributed by atoms with Crippen molar-refractivity contribution in [1.29, 1.82) is 5.26 Å². The first-order chi connectivity index (χ1) is 7.38. The lowest BCUT2D eigenvalue weighted by Crippen LogP contribution is -2.26. The van der Waals surface area contributed by atoms with Crippen LogP contribution in [0.15, 0.2) is 11.1 Å². The van der Waals surface area contributed by atoms with Crippen LogP contribution in [0.1, 0.15) is 53.4 Å². The van der Waals surface area contributed by atoms with Crippen molar-refractivity contribution in [3.8, 4) is 6.07 Å². The van der Waals surface area contributed by atoms with Gasteiger partial charge in [-0.2, -0.15) is 5.26 Å². The van der Waals surface area contributed by atoms with Gasteiger partial charge in [0.15, 0.2) is 0 Å². The molecule has 0 saturated carbocycles. The van der Waals surface area contributed by atoms with Crippen molar-refractivity contribution in [2.24, 2.45) is 11.3 Å². The summed E-state index contributed by atoms with van der Waals surface area (Å²) >= 11 is 0. The Balaban J connectivity index is 3.06. The van der Waals surface area contributed by atoms with Crippen molar-refractivity contribution < 1.29 is 4.79 Å². The van der Waals surface area contributed by atoms with Crippen LogP contribution in [0.5, 0.6) is 0 Å². The molecule has 0 spiro atoms. The number of allylic oxidation sites excluding steroid dienone is 2. The molecule has 0 N–H and O–H groups in total. The quantitative estimate of drug-likeness (QED) is 0.680. The van der Waals surface area contributed by atoms with Crippen molar-refractivity contribution in [2.45, 2.75) is 53.4 Å². The molecular formula is C14H21NO. The van der Waals surface area contributed by atoms with Gasteiger partial charge in [-0.1, -0.05) is 19.4 Å². The first-order valence-electron chi connectivity index (χ1n) is 5.97. The van der Waals surface area contributed by atoms with E-state index in [9.17, 15) is 10.1 Å². The molecule has 1 aliphatic rings. The van der Waals surface area contributed by atoms with Gasteiger partial charge < -0.3 is 0 Å². The number of hydrogen-bond donors (Lipinski definition) is 0. The normalized spacial score (nSPS) is 21.4. The van der Waals surface area contributed by atoms with Crippen LogP contribution in [-0.4, -0.2) is 5.78 Å². The third-order valence-electron chi connectivity index (χ3n) is 3.54. The lowest BCUT2D eigenvalue weighted by atomic mass is 9.67. The second-order valence-electron chi connectivity index (χ2n) is 5.52. The molecule has 0 fully saturated rings. The van der Waals surface area contributed by atoms with Gasteiger partial charge in [-0.05, 0) is 44.1 Å². The zero-order chi connectivity index (χ0) is 12.3. The summed E-state index contributed by atoms with van der Waals surface area (Å²) in [5.74, 6) is -0.110. The SMILES string of the molecule is CC(=O)CC(C#N)C1=C(C)CCCC1(C)C. The third kappa shape index (κ3) is 2.72. The van der Waals surface area contributed by atoms with Crippen LogP contribution < -0.4 is 0 Å². The first kappa shape index (κ1) is 13.0. The number of nitrogens with zero attached hydrogens (tertiary/aromatic N) is 1. The highest BCUT2D eigenvalue weighted by molar-refractivity contribution is 5.76. The summed E-state index contributed by atoms with van der Waals surface area (Å²) in [7, 11) is 0. The molecule has 1 rings (SSSR count). The van der Waals surface area contributed by atoms with E-state index >= 15 is 0 Å². The number of hydrogen-bond acceptors (Lipinski definition) is 2. The van der Waals surface area contributed by atoms with Crippen LogP contribution in [0.3, 0.4) is 0 Å². The maximum atomic E-state index is 11.2. The molecule has 1 unspecified atom stereocenters. The summed E-state index contributed by atoms with van der Waals surface area (Å²) in [5.41, 5.74) is 2.62. The van der Waals surface area contributed by atoms with Gasteiger partial charge in [0.05, 0.1) is 12.0 Å². The fourth-order valence-corrected chi connectivity index (χ4v) is 2.91. The second kappa shape index (κ2) is 4.82. The lowest BCUT2D eigenvalue weighted by molar-refractivity contribution is -0.117. The molecule has 0 aromatic heterocycles. The largest absolute Gasteiger partial charge is 0.300 e. The van der Waals surface area contributed by atoms with E-state index in [0.717, 1.165) is 12.8 Å². The monoisotopic (exact) mass is 219 g/mol. The lowest BCUT2D eigenvalue weighted by Gasteiger charge is -2.36. The Bertz CT molecular complexity index is 357. The molecule has 0 amide bonds. The van der Waals surface area contributed by atoms with Gasteiger partial charge in [-0.15, -0.1) is 0 Å². The molecule has 0 bridgehead atoms. The predicted molar refractivity (Wildman–Crippen MR) is 64.7 cm³/mol. The Labute approximate surface area is 98.3 Å². The van der Waals surface area contributed by atoms with Gasteiger partial charge in [-0.3, -0.25) is 4.79 Å². The smallest absolute Gasteiger partial charge is 0.131 e. The fraction of sp³-hybridized carbons (Fsp3) is 0.714. The molecule has 0 aromatic rings. The molecule has 2 heteroatoms. The van der Waals surface area contributed by atoms with Gasteiger partial charge in [0, 0.05) is 6.42 Å². The van der Waals surface area contributed by atoms with E-state index in [1.807, 2.05) is 0 Å². The van der Waals surface area contributed by atoms with Crippen molar-refractivity contribution in [3.63, 3.8) is 0 Å². The maximum absolute atomic E-state index is 11.2.